The Morgan fingerprint density at radius 1 is 0.667 bits per heavy atom. The van der Waals surface area contributed by atoms with Gasteiger partial charge in [-0.25, -0.2) is 0 Å². The van der Waals surface area contributed by atoms with E-state index in [-0.39, 0.29) is 17.3 Å². The number of carbonyl (C=O) groups is 3. The quantitative estimate of drug-likeness (QED) is 0.419. The molecule has 0 aliphatic heterocycles. The highest BCUT2D eigenvalue weighted by Gasteiger charge is 2.18. The van der Waals surface area contributed by atoms with Crippen LogP contribution in [-0.4, -0.2) is 22.6 Å². The van der Waals surface area contributed by atoms with E-state index in [0.717, 1.165) is 5.69 Å². The lowest BCUT2D eigenvalue weighted by Gasteiger charge is -2.11. The van der Waals surface area contributed by atoms with Gasteiger partial charge in [0.25, 0.3) is 11.8 Å². The molecule has 0 unspecified atom stereocenters. The zero-order valence-electron chi connectivity index (χ0n) is 17.7. The van der Waals surface area contributed by atoms with Gasteiger partial charge in [0.05, 0.1) is 17.8 Å². The number of ketones is 1. The lowest BCUT2D eigenvalue weighted by Crippen LogP contribution is -2.23. The Morgan fingerprint density at radius 2 is 1.36 bits per heavy atom. The molecule has 4 aromatic rings. The van der Waals surface area contributed by atoms with Gasteiger partial charge in [-0.3, -0.25) is 19.4 Å². The topological polar surface area (TPSA) is 88.2 Å². The Kier molecular flexibility index (Phi) is 6.66. The summed E-state index contributed by atoms with van der Waals surface area (Å²) < 4.78 is 0. The van der Waals surface area contributed by atoms with Crippen molar-refractivity contribution in [2.24, 2.45) is 0 Å². The summed E-state index contributed by atoms with van der Waals surface area (Å²) >= 11 is 0. The van der Waals surface area contributed by atoms with Gasteiger partial charge in [-0.1, -0.05) is 60.7 Å². The van der Waals surface area contributed by atoms with E-state index in [1.54, 1.807) is 79.0 Å². The number of anilines is 1. The molecule has 2 N–H and O–H groups in total. The van der Waals surface area contributed by atoms with E-state index in [9.17, 15) is 14.4 Å². The molecule has 2 amide bonds. The molecule has 0 fully saturated rings. The lowest BCUT2D eigenvalue weighted by molar-refractivity contribution is 0.0949. The van der Waals surface area contributed by atoms with Gasteiger partial charge in [-0.05, 0) is 36.4 Å². The van der Waals surface area contributed by atoms with Gasteiger partial charge in [-0.15, -0.1) is 0 Å². The Bertz CT molecular complexity index is 1290. The summed E-state index contributed by atoms with van der Waals surface area (Å²) in [6.45, 7) is 0.297. The summed E-state index contributed by atoms with van der Waals surface area (Å²) in [6.07, 6.45) is 1.66. The van der Waals surface area contributed by atoms with Crippen LogP contribution in [-0.2, 0) is 6.54 Å². The Morgan fingerprint density at radius 3 is 2.12 bits per heavy atom. The Balaban J connectivity index is 1.48. The second kappa shape index (κ2) is 10.2. The maximum atomic E-state index is 13.0. The molecule has 6 nitrogen and oxygen atoms in total. The molecule has 4 rings (SSSR count). The van der Waals surface area contributed by atoms with Crippen LogP contribution in [0.1, 0.15) is 42.3 Å². The standard InChI is InChI=1S/C27H21N3O3/c31-25(19-9-2-1-3-10-19)23-14-4-5-15-24(23)27(33)30-21-13-8-11-20(17-21)26(32)29-18-22-12-6-7-16-28-22/h1-17H,18H2,(H,29,32)(H,30,33). The van der Waals surface area contributed by atoms with Crippen molar-refractivity contribution in [2.75, 3.05) is 5.32 Å². The highest BCUT2D eigenvalue weighted by atomic mass is 16.2. The van der Waals surface area contributed by atoms with Crippen LogP contribution >= 0.6 is 0 Å². The first-order valence-corrected chi connectivity index (χ1v) is 10.4. The van der Waals surface area contributed by atoms with Crippen LogP contribution in [0.3, 0.4) is 0 Å². The molecule has 1 aromatic heterocycles. The van der Waals surface area contributed by atoms with E-state index in [0.29, 0.717) is 28.9 Å². The number of hydrogen-bond acceptors (Lipinski definition) is 4. The predicted molar refractivity (Wildman–Crippen MR) is 126 cm³/mol. The highest BCUT2D eigenvalue weighted by molar-refractivity contribution is 6.17. The van der Waals surface area contributed by atoms with Crippen molar-refractivity contribution >= 4 is 23.3 Å². The van der Waals surface area contributed by atoms with Crippen LogP contribution in [0.25, 0.3) is 0 Å². The number of rotatable bonds is 7. The van der Waals surface area contributed by atoms with Crippen molar-refractivity contribution in [3.8, 4) is 0 Å². The molecule has 0 saturated heterocycles. The number of pyridine rings is 1. The molecule has 3 aromatic carbocycles. The van der Waals surface area contributed by atoms with Crippen molar-refractivity contribution in [1.29, 1.82) is 0 Å². The summed E-state index contributed by atoms with van der Waals surface area (Å²) in [5.74, 6) is -0.943. The molecule has 0 bridgehead atoms. The second-order valence-corrected chi connectivity index (χ2v) is 7.28. The molecule has 0 atom stereocenters. The van der Waals surface area contributed by atoms with Gasteiger partial charge < -0.3 is 10.6 Å². The smallest absolute Gasteiger partial charge is 0.256 e. The summed E-state index contributed by atoms with van der Waals surface area (Å²) in [6, 6.07) is 27.6. The second-order valence-electron chi connectivity index (χ2n) is 7.28. The van der Waals surface area contributed by atoms with Gasteiger partial charge in [0.1, 0.15) is 0 Å². The van der Waals surface area contributed by atoms with Crippen LogP contribution in [0.5, 0.6) is 0 Å². The minimum Gasteiger partial charge on any atom is -0.346 e. The summed E-state index contributed by atoms with van der Waals surface area (Å²) in [5.41, 5.74) is 2.67. The van der Waals surface area contributed by atoms with Crippen molar-refractivity contribution in [3.05, 3.63) is 131 Å². The number of nitrogens with one attached hydrogen (secondary N) is 2. The number of amides is 2. The van der Waals surface area contributed by atoms with Crippen molar-refractivity contribution in [2.45, 2.75) is 6.54 Å². The van der Waals surface area contributed by atoms with Gasteiger partial charge in [-0.2, -0.15) is 0 Å². The van der Waals surface area contributed by atoms with E-state index in [1.165, 1.54) is 0 Å². The summed E-state index contributed by atoms with van der Waals surface area (Å²) in [7, 11) is 0. The van der Waals surface area contributed by atoms with Crippen LogP contribution in [0.2, 0.25) is 0 Å². The van der Waals surface area contributed by atoms with Crippen molar-refractivity contribution < 1.29 is 14.4 Å². The molecule has 0 aliphatic rings. The van der Waals surface area contributed by atoms with Crippen LogP contribution in [0.4, 0.5) is 5.69 Å². The van der Waals surface area contributed by atoms with E-state index in [4.69, 9.17) is 0 Å². The van der Waals surface area contributed by atoms with Crippen molar-refractivity contribution in [3.63, 3.8) is 0 Å². The first kappa shape index (κ1) is 21.6. The molecule has 33 heavy (non-hydrogen) atoms. The number of hydrogen-bond donors (Lipinski definition) is 2. The van der Waals surface area contributed by atoms with E-state index < -0.39 is 5.91 Å². The molecule has 1 heterocycles. The fourth-order valence-electron chi connectivity index (χ4n) is 3.34. The minimum absolute atomic E-state index is 0.232. The molecule has 6 heteroatoms. The van der Waals surface area contributed by atoms with Gasteiger partial charge in [0.2, 0.25) is 0 Å². The lowest BCUT2D eigenvalue weighted by atomic mass is 9.98. The van der Waals surface area contributed by atoms with E-state index in [1.807, 2.05) is 24.3 Å². The van der Waals surface area contributed by atoms with Gasteiger partial charge in [0, 0.05) is 28.6 Å². The van der Waals surface area contributed by atoms with Gasteiger partial charge in [0.15, 0.2) is 5.78 Å². The van der Waals surface area contributed by atoms with E-state index in [2.05, 4.69) is 15.6 Å². The SMILES string of the molecule is O=C(NCc1ccccn1)c1cccc(NC(=O)c2ccccc2C(=O)c2ccccc2)c1. The third-order valence-electron chi connectivity index (χ3n) is 4.99. The fraction of sp³-hybridized carbons (Fsp3) is 0.0370. The van der Waals surface area contributed by atoms with Crippen LogP contribution < -0.4 is 10.6 Å². The normalized spacial score (nSPS) is 10.3. The maximum Gasteiger partial charge on any atom is 0.256 e. The molecule has 162 valence electrons. The monoisotopic (exact) mass is 435 g/mol. The third-order valence-corrected chi connectivity index (χ3v) is 4.99. The molecule has 0 saturated carbocycles. The highest BCUT2D eigenvalue weighted by Crippen LogP contribution is 2.18. The molecule has 0 radical (unpaired) electrons. The largest absolute Gasteiger partial charge is 0.346 e. The minimum atomic E-state index is -0.430. The zero-order valence-corrected chi connectivity index (χ0v) is 17.7. The third kappa shape index (κ3) is 5.37. The summed E-state index contributed by atoms with van der Waals surface area (Å²) in [5, 5.41) is 5.60. The molecular formula is C27H21N3O3. The Labute approximate surface area is 191 Å². The van der Waals surface area contributed by atoms with Crippen LogP contribution in [0.15, 0.2) is 103 Å². The number of benzene rings is 3. The first-order valence-electron chi connectivity index (χ1n) is 10.4. The number of nitrogens with zero attached hydrogens (tertiary/aromatic N) is 1. The predicted octanol–water partition coefficient (Wildman–Crippen LogP) is 4.49. The molecule has 0 aliphatic carbocycles. The van der Waals surface area contributed by atoms with Crippen molar-refractivity contribution in [1.82, 2.24) is 10.3 Å². The van der Waals surface area contributed by atoms with Crippen LogP contribution in [0, 0.1) is 0 Å². The summed E-state index contributed by atoms with van der Waals surface area (Å²) in [4.78, 5) is 42.6. The van der Waals surface area contributed by atoms with Gasteiger partial charge >= 0.3 is 0 Å². The number of carbonyl (C=O) groups excluding carboxylic acids is 3. The Hall–Kier alpha value is -4.58. The number of aromatic nitrogens is 1. The average Bonchev–Trinajstić information content (AvgIpc) is 2.88. The fourth-order valence-corrected chi connectivity index (χ4v) is 3.34. The molecule has 0 spiro atoms. The first-order chi connectivity index (χ1) is 16.1. The maximum absolute atomic E-state index is 13.0. The zero-order chi connectivity index (χ0) is 23.0. The average molecular weight is 435 g/mol. The molecular weight excluding hydrogens is 414 g/mol. The van der Waals surface area contributed by atoms with E-state index >= 15 is 0 Å².